The highest BCUT2D eigenvalue weighted by atomic mass is 32.1. The van der Waals surface area contributed by atoms with Gasteiger partial charge >= 0.3 is 0 Å². The maximum absolute atomic E-state index is 5.62. The van der Waals surface area contributed by atoms with E-state index in [9.17, 15) is 0 Å². The number of hydrogen-bond donors (Lipinski definition) is 2. The lowest BCUT2D eigenvalue weighted by Crippen LogP contribution is -2.07. The first-order valence-corrected chi connectivity index (χ1v) is 7.38. The number of H-pyrrole nitrogens is 1. The molecule has 0 saturated carbocycles. The second-order valence-electron chi connectivity index (χ2n) is 4.90. The molecule has 3 rings (SSSR count). The summed E-state index contributed by atoms with van der Waals surface area (Å²) in [5.41, 5.74) is 8.66. The SMILES string of the molecule is CN(C)c1ccc(-c2n[nH]c(Cc3csc(N)n3)n2)cc1. The van der Waals surface area contributed by atoms with Crippen LogP contribution in [0.3, 0.4) is 0 Å². The monoisotopic (exact) mass is 300 g/mol. The van der Waals surface area contributed by atoms with Gasteiger partial charge in [0.25, 0.3) is 0 Å². The molecule has 1 aromatic carbocycles. The van der Waals surface area contributed by atoms with Crippen molar-refractivity contribution in [2.75, 3.05) is 24.7 Å². The number of anilines is 2. The number of rotatable bonds is 4. The van der Waals surface area contributed by atoms with Crippen LogP contribution in [0.15, 0.2) is 29.6 Å². The summed E-state index contributed by atoms with van der Waals surface area (Å²) in [6.45, 7) is 0. The molecule has 6 nitrogen and oxygen atoms in total. The molecule has 0 atom stereocenters. The Labute approximate surface area is 126 Å². The van der Waals surface area contributed by atoms with Gasteiger partial charge in [-0.2, -0.15) is 5.10 Å². The van der Waals surface area contributed by atoms with Gasteiger partial charge in [-0.25, -0.2) is 9.97 Å². The minimum absolute atomic E-state index is 0.573. The van der Waals surface area contributed by atoms with Gasteiger partial charge in [-0.15, -0.1) is 11.3 Å². The summed E-state index contributed by atoms with van der Waals surface area (Å²) in [6, 6.07) is 8.13. The van der Waals surface area contributed by atoms with Crippen LogP contribution in [0.25, 0.3) is 11.4 Å². The number of nitrogens with zero attached hydrogens (tertiary/aromatic N) is 4. The Kier molecular flexibility index (Phi) is 3.57. The molecule has 3 N–H and O–H groups in total. The molecule has 0 saturated heterocycles. The molecular weight excluding hydrogens is 284 g/mol. The zero-order chi connectivity index (χ0) is 14.8. The summed E-state index contributed by atoms with van der Waals surface area (Å²) < 4.78 is 0. The number of thiazole rings is 1. The summed E-state index contributed by atoms with van der Waals surface area (Å²) in [6.07, 6.45) is 0.608. The topological polar surface area (TPSA) is 83.7 Å². The van der Waals surface area contributed by atoms with Crippen molar-refractivity contribution < 1.29 is 0 Å². The van der Waals surface area contributed by atoms with Crippen molar-refractivity contribution in [2.24, 2.45) is 0 Å². The van der Waals surface area contributed by atoms with Gasteiger partial charge in [0.2, 0.25) is 0 Å². The molecule has 3 aromatic rings. The molecule has 2 aromatic heterocycles. The van der Waals surface area contributed by atoms with Gasteiger partial charge in [-0.1, -0.05) is 0 Å². The smallest absolute Gasteiger partial charge is 0.181 e. The molecule has 0 unspecified atom stereocenters. The zero-order valence-corrected chi connectivity index (χ0v) is 12.7. The lowest BCUT2D eigenvalue weighted by Gasteiger charge is -2.11. The fourth-order valence-corrected chi connectivity index (χ4v) is 2.55. The second-order valence-corrected chi connectivity index (χ2v) is 5.79. The van der Waals surface area contributed by atoms with Crippen LogP contribution in [-0.2, 0) is 6.42 Å². The molecule has 0 spiro atoms. The van der Waals surface area contributed by atoms with Gasteiger partial charge in [0.05, 0.1) is 12.1 Å². The van der Waals surface area contributed by atoms with Crippen molar-refractivity contribution in [3.05, 3.63) is 41.2 Å². The van der Waals surface area contributed by atoms with Gasteiger partial charge < -0.3 is 10.6 Å². The molecular formula is C14H16N6S. The molecule has 0 bridgehead atoms. The highest BCUT2D eigenvalue weighted by molar-refractivity contribution is 7.13. The zero-order valence-electron chi connectivity index (χ0n) is 11.9. The Bertz CT molecular complexity index is 728. The lowest BCUT2D eigenvalue weighted by atomic mass is 10.2. The number of hydrogen-bond acceptors (Lipinski definition) is 6. The van der Waals surface area contributed by atoms with E-state index < -0.39 is 0 Å². The Balaban J connectivity index is 1.78. The van der Waals surface area contributed by atoms with E-state index >= 15 is 0 Å². The van der Waals surface area contributed by atoms with Crippen LogP contribution in [0.2, 0.25) is 0 Å². The Morgan fingerprint density at radius 1 is 1.19 bits per heavy atom. The molecule has 7 heteroatoms. The summed E-state index contributed by atoms with van der Waals surface area (Å²) >= 11 is 1.43. The molecule has 0 radical (unpaired) electrons. The first-order valence-electron chi connectivity index (χ1n) is 6.51. The van der Waals surface area contributed by atoms with E-state index in [-0.39, 0.29) is 0 Å². The molecule has 2 heterocycles. The number of nitrogens with two attached hydrogens (primary N) is 1. The summed E-state index contributed by atoms with van der Waals surface area (Å²) in [4.78, 5) is 10.8. The quantitative estimate of drug-likeness (QED) is 0.771. The molecule has 0 aliphatic rings. The molecule has 0 fully saturated rings. The van der Waals surface area contributed by atoms with E-state index in [1.807, 2.05) is 43.7 Å². The molecule has 0 aliphatic heterocycles. The fraction of sp³-hybridized carbons (Fsp3) is 0.214. The second kappa shape index (κ2) is 5.53. The van der Waals surface area contributed by atoms with E-state index in [0.717, 1.165) is 22.8 Å². The third-order valence-electron chi connectivity index (χ3n) is 3.09. The maximum Gasteiger partial charge on any atom is 0.181 e. The van der Waals surface area contributed by atoms with E-state index in [1.165, 1.54) is 11.3 Å². The van der Waals surface area contributed by atoms with Gasteiger partial charge in [0.15, 0.2) is 11.0 Å². The third kappa shape index (κ3) is 3.03. The van der Waals surface area contributed by atoms with Crippen LogP contribution < -0.4 is 10.6 Å². The van der Waals surface area contributed by atoms with E-state index in [2.05, 4.69) is 25.1 Å². The number of benzene rings is 1. The van der Waals surface area contributed by atoms with Crippen molar-refractivity contribution in [2.45, 2.75) is 6.42 Å². The average Bonchev–Trinajstić information content (AvgIpc) is 3.09. The number of aromatic nitrogens is 4. The highest BCUT2D eigenvalue weighted by Crippen LogP contribution is 2.20. The van der Waals surface area contributed by atoms with Gasteiger partial charge in [0.1, 0.15) is 5.82 Å². The van der Waals surface area contributed by atoms with E-state index in [0.29, 0.717) is 17.4 Å². The van der Waals surface area contributed by atoms with Crippen LogP contribution in [0.5, 0.6) is 0 Å². The van der Waals surface area contributed by atoms with Gasteiger partial charge in [0, 0.05) is 30.7 Å². The minimum Gasteiger partial charge on any atom is -0.378 e. The van der Waals surface area contributed by atoms with E-state index in [4.69, 9.17) is 5.73 Å². The van der Waals surface area contributed by atoms with Crippen LogP contribution in [-0.4, -0.2) is 34.3 Å². The van der Waals surface area contributed by atoms with Crippen molar-refractivity contribution in [3.8, 4) is 11.4 Å². The van der Waals surface area contributed by atoms with Crippen molar-refractivity contribution >= 4 is 22.2 Å². The predicted octanol–water partition coefficient (Wildman–Crippen LogP) is 2.17. The molecule has 0 amide bonds. The first kappa shape index (κ1) is 13.6. The first-order chi connectivity index (χ1) is 10.1. The normalized spacial score (nSPS) is 10.8. The van der Waals surface area contributed by atoms with Crippen molar-refractivity contribution in [1.82, 2.24) is 20.2 Å². The van der Waals surface area contributed by atoms with Crippen LogP contribution in [0, 0.1) is 0 Å². The predicted molar refractivity (Wildman–Crippen MR) is 85.5 cm³/mol. The highest BCUT2D eigenvalue weighted by Gasteiger charge is 2.08. The summed E-state index contributed by atoms with van der Waals surface area (Å²) in [7, 11) is 4.03. The summed E-state index contributed by atoms with van der Waals surface area (Å²) in [5.74, 6) is 1.48. The Morgan fingerprint density at radius 2 is 1.95 bits per heavy atom. The van der Waals surface area contributed by atoms with Crippen molar-refractivity contribution in [1.29, 1.82) is 0 Å². The number of aromatic amines is 1. The Hall–Kier alpha value is -2.41. The largest absolute Gasteiger partial charge is 0.378 e. The minimum atomic E-state index is 0.573. The third-order valence-corrected chi connectivity index (χ3v) is 3.81. The van der Waals surface area contributed by atoms with Crippen LogP contribution in [0.4, 0.5) is 10.8 Å². The standard InChI is InChI=1S/C14H16N6S/c1-20(2)11-5-3-9(4-6-11)13-17-12(18-19-13)7-10-8-21-14(15)16-10/h3-6,8H,7H2,1-2H3,(H2,15,16)(H,17,18,19). The maximum atomic E-state index is 5.62. The molecule has 21 heavy (non-hydrogen) atoms. The lowest BCUT2D eigenvalue weighted by molar-refractivity contribution is 0.952. The number of nitrogen functional groups attached to an aromatic ring is 1. The number of nitrogens with one attached hydrogen (secondary N) is 1. The van der Waals surface area contributed by atoms with Crippen LogP contribution in [0.1, 0.15) is 11.5 Å². The fourth-order valence-electron chi connectivity index (χ4n) is 1.99. The summed E-state index contributed by atoms with van der Waals surface area (Å²) in [5, 5.41) is 9.72. The average molecular weight is 300 g/mol. The van der Waals surface area contributed by atoms with Gasteiger partial charge in [-0.3, -0.25) is 5.10 Å². The van der Waals surface area contributed by atoms with Gasteiger partial charge in [-0.05, 0) is 24.3 Å². The van der Waals surface area contributed by atoms with E-state index in [1.54, 1.807) is 0 Å². The molecule has 108 valence electrons. The Morgan fingerprint density at radius 3 is 2.57 bits per heavy atom. The van der Waals surface area contributed by atoms with Crippen molar-refractivity contribution in [3.63, 3.8) is 0 Å². The molecule has 0 aliphatic carbocycles. The van der Waals surface area contributed by atoms with Crippen LogP contribution >= 0.6 is 11.3 Å².